The molecule has 0 N–H and O–H groups in total. The van der Waals surface area contributed by atoms with Crippen LogP contribution in [0.3, 0.4) is 0 Å². The van der Waals surface area contributed by atoms with Crippen molar-refractivity contribution in [3.8, 4) is 39.3 Å². The van der Waals surface area contributed by atoms with Crippen molar-refractivity contribution in [3.63, 3.8) is 0 Å². The Morgan fingerprint density at radius 3 is 1.34 bits per heavy atom. The molecule has 3 nitrogen and oxygen atoms in total. The highest BCUT2D eigenvalue weighted by Crippen LogP contribution is 2.46. The number of thiophene rings is 1. The number of hydrogen-bond acceptors (Lipinski definition) is 1. The van der Waals surface area contributed by atoms with E-state index in [1.807, 2.05) is 11.3 Å². The predicted molar refractivity (Wildman–Crippen MR) is 273 cm³/mol. The minimum absolute atomic E-state index is 1.14. The van der Waals surface area contributed by atoms with E-state index >= 15 is 0 Å². The SMILES string of the molecule is c1ccc(-c2cccc(-c3ccc(-n4c5ccccc5c5cc(-n6c7ccccc7c7cc(-n8c9ccccc9c9ccccc98)ccc76)ccc54)c4c3sc3ccccc34)c2)cc1. The fourth-order valence-corrected chi connectivity index (χ4v) is 11.9. The van der Waals surface area contributed by atoms with Gasteiger partial charge in [-0.3, -0.25) is 0 Å². The zero-order valence-electron chi connectivity index (χ0n) is 34.6. The fourth-order valence-electron chi connectivity index (χ4n) is 10.7. The van der Waals surface area contributed by atoms with Crippen LogP contribution in [-0.4, -0.2) is 13.7 Å². The molecule has 0 aliphatic carbocycles. The van der Waals surface area contributed by atoms with Crippen LogP contribution in [0.1, 0.15) is 0 Å². The molecule has 0 bridgehead atoms. The summed E-state index contributed by atoms with van der Waals surface area (Å²) in [5.74, 6) is 0. The van der Waals surface area contributed by atoms with Crippen LogP contribution in [0, 0.1) is 0 Å². The number of rotatable bonds is 5. The summed E-state index contributed by atoms with van der Waals surface area (Å²) in [5.41, 5.74) is 15.6. The summed E-state index contributed by atoms with van der Waals surface area (Å²) < 4.78 is 9.97. The van der Waals surface area contributed by atoms with Gasteiger partial charge in [-0.25, -0.2) is 0 Å². The van der Waals surface area contributed by atoms with Crippen molar-refractivity contribution in [1.82, 2.24) is 13.7 Å². The van der Waals surface area contributed by atoms with Gasteiger partial charge in [-0.05, 0) is 101 Å². The summed E-state index contributed by atoms with van der Waals surface area (Å²) in [6.45, 7) is 0. The molecule has 0 aliphatic rings. The second-order valence-electron chi connectivity index (χ2n) is 16.9. The molecule has 0 radical (unpaired) electrons. The standard InChI is InChI=1S/C60H37N3S/c1-2-15-38(16-3-1)39-17-14-18-40(35-39)43-31-34-57(59-48-23-8-13-28-58(48)64-60(43)59)63-54-27-12-7-22-47(54)50-37-42(30-33-56(50)63)62-53-26-11-6-21-46(53)49-36-41(29-32-55(49)62)61-51-24-9-4-19-44(51)45-20-5-10-25-52(45)61/h1-37H. The van der Waals surface area contributed by atoms with Crippen molar-refractivity contribution in [1.29, 1.82) is 0 Å². The molecule has 0 aliphatic heterocycles. The lowest BCUT2D eigenvalue weighted by molar-refractivity contribution is 1.16. The van der Waals surface area contributed by atoms with Gasteiger partial charge in [0.15, 0.2) is 0 Å². The van der Waals surface area contributed by atoms with Gasteiger partial charge in [0.2, 0.25) is 0 Å². The molecule has 298 valence electrons. The van der Waals surface area contributed by atoms with E-state index in [0.29, 0.717) is 0 Å². The zero-order chi connectivity index (χ0) is 41.9. The molecule has 4 heterocycles. The number of benzene rings is 10. The molecule has 0 unspecified atom stereocenters. The van der Waals surface area contributed by atoms with E-state index in [1.165, 1.54) is 114 Å². The Morgan fingerprint density at radius 1 is 0.281 bits per heavy atom. The molecule has 10 aromatic carbocycles. The lowest BCUT2D eigenvalue weighted by Crippen LogP contribution is -1.97. The van der Waals surface area contributed by atoms with Crippen molar-refractivity contribution >= 4 is 96.9 Å². The zero-order valence-corrected chi connectivity index (χ0v) is 35.4. The van der Waals surface area contributed by atoms with E-state index < -0.39 is 0 Å². The van der Waals surface area contributed by atoms with Crippen LogP contribution in [0.5, 0.6) is 0 Å². The Balaban J connectivity index is 0.973. The second-order valence-corrected chi connectivity index (χ2v) is 17.9. The summed E-state index contributed by atoms with van der Waals surface area (Å²) in [5, 5.41) is 10.1. The van der Waals surface area contributed by atoms with Crippen molar-refractivity contribution in [2.24, 2.45) is 0 Å². The number of nitrogens with zero attached hydrogens (tertiary/aromatic N) is 3. The Morgan fingerprint density at radius 2 is 0.734 bits per heavy atom. The Hall–Kier alpha value is -8.18. The maximum Gasteiger partial charge on any atom is 0.0555 e. The molecule has 0 fully saturated rings. The smallest absolute Gasteiger partial charge is 0.0555 e. The molecular weight excluding hydrogens is 795 g/mol. The number of aromatic nitrogens is 3. The first-order chi connectivity index (χ1) is 31.8. The first-order valence-electron chi connectivity index (χ1n) is 21.9. The van der Waals surface area contributed by atoms with Gasteiger partial charge in [0, 0.05) is 63.9 Å². The molecule has 4 aromatic heterocycles. The molecule has 0 spiro atoms. The lowest BCUT2D eigenvalue weighted by atomic mass is 9.97. The third kappa shape index (κ3) is 5.09. The van der Waals surface area contributed by atoms with Gasteiger partial charge in [0.25, 0.3) is 0 Å². The lowest BCUT2D eigenvalue weighted by Gasteiger charge is -2.14. The highest BCUT2D eigenvalue weighted by atomic mass is 32.1. The van der Waals surface area contributed by atoms with E-state index in [2.05, 4.69) is 238 Å². The number of fused-ring (bicyclic) bond motifs is 12. The third-order valence-electron chi connectivity index (χ3n) is 13.4. The molecule has 0 saturated carbocycles. The van der Waals surface area contributed by atoms with Gasteiger partial charge in [-0.2, -0.15) is 0 Å². The first-order valence-corrected chi connectivity index (χ1v) is 22.7. The summed E-state index contributed by atoms with van der Waals surface area (Å²) >= 11 is 1.89. The third-order valence-corrected chi connectivity index (χ3v) is 14.6. The maximum atomic E-state index is 2.50. The average molecular weight is 832 g/mol. The largest absolute Gasteiger partial charge is 0.309 e. The van der Waals surface area contributed by atoms with Crippen molar-refractivity contribution in [2.45, 2.75) is 0 Å². The topological polar surface area (TPSA) is 14.8 Å². The Kier molecular flexibility index (Phi) is 7.56. The minimum Gasteiger partial charge on any atom is -0.309 e. The molecule has 0 amide bonds. The predicted octanol–water partition coefficient (Wildman–Crippen LogP) is 16.7. The van der Waals surface area contributed by atoms with Gasteiger partial charge < -0.3 is 13.7 Å². The highest BCUT2D eigenvalue weighted by molar-refractivity contribution is 7.26. The van der Waals surface area contributed by atoms with Gasteiger partial charge in [0.1, 0.15) is 0 Å². The van der Waals surface area contributed by atoms with Crippen LogP contribution >= 0.6 is 11.3 Å². The van der Waals surface area contributed by atoms with E-state index in [-0.39, 0.29) is 0 Å². The Bertz CT molecular complexity index is 4140. The monoisotopic (exact) mass is 831 g/mol. The van der Waals surface area contributed by atoms with Crippen LogP contribution in [-0.2, 0) is 0 Å². The van der Waals surface area contributed by atoms with E-state index in [4.69, 9.17) is 0 Å². The fraction of sp³-hybridized carbons (Fsp3) is 0. The summed E-state index contributed by atoms with van der Waals surface area (Å²) in [7, 11) is 0. The first kappa shape index (κ1) is 35.4. The molecule has 14 aromatic rings. The van der Waals surface area contributed by atoms with Crippen LogP contribution in [0.15, 0.2) is 224 Å². The van der Waals surface area contributed by atoms with Crippen LogP contribution in [0.2, 0.25) is 0 Å². The second kappa shape index (κ2) is 13.7. The number of para-hydroxylation sites is 4. The van der Waals surface area contributed by atoms with Gasteiger partial charge in [-0.15, -0.1) is 11.3 Å². The van der Waals surface area contributed by atoms with Crippen LogP contribution in [0.25, 0.3) is 125 Å². The molecule has 0 atom stereocenters. The van der Waals surface area contributed by atoms with Crippen LogP contribution in [0.4, 0.5) is 0 Å². The quantitative estimate of drug-likeness (QED) is 0.164. The van der Waals surface area contributed by atoms with Gasteiger partial charge >= 0.3 is 0 Å². The van der Waals surface area contributed by atoms with Crippen molar-refractivity contribution in [3.05, 3.63) is 224 Å². The average Bonchev–Trinajstić information content (AvgIpc) is 4.11. The summed E-state index contributed by atoms with van der Waals surface area (Å²) in [6.07, 6.45) is 0. The van der Waals surface area contributed by atoms with Crippen LogP contribution < -0.4 is 0 Å². The van der Waals surface area contributed by atoms with E-state index in [0.717, 1.165) is 11.4 Å². The minimum atomic E-state index is 1.14. The van der Waals surface area contributed by atoms with E-state index in [9.17, 15) is 0 Å². The molecule has 64 heavy (non-hydrogen) atoms. The Labute approximate surface area is 372 Å². The van der Waals surface area contributed by atoms with Crippen molar-refractivity contribution in [2.75, 3.05) is 0 Å². The van der Waals surface area contributed by atoms with Crippen molar-refractivity contribution < 1.29 is 0 Å². The molecule has 4 heteroatoms. The molecule has 0 saturated heterocycles. The highest BCUT2D eigenvalue weighted by Gasteiger charge is 2.22. The molecule has 14 rings (SSSR count). The van der Waals surface area contributed by atoms with Gasteiger partial charge in [-0.1, -0.05) is 146 Å². The van der Waals surface area contributed by atoms with E-state index in [1.54, 1.807) is 0 Å². The maximum absolute atomic E-state index is 2.50. The normalized spacial score (nSPS) is 12.1. The summed E-state index contributed by atoms with van der Waals surface area (Å²) in [4.78, 5) is 0. The van der Waals surface area contributed by atoms with Gasteiger partial charge in [0.05, 0.1) is 38.8 Å². The molecular formula is C60H37N3S. The number of hydrogen-bond donors (Lipinski definition) is 0. The summed E-state index contributed by atoms with van der Waals surface area (Å²) in [6, 6.07) is 82.6.